The van der Waals surface area contributed by atoms with E-state index in [-0.39, 0.29) is 5.97 Å². The molecule has 1 aromatic carbocycles. The Hall–Kier alpha value is -1.35. The summed E-state index contributed by atoms with van der Waals surface area (Å²) in [6.07, 6.45) is 3.71. The van der Waals surface area contributed by atoms with Gasteiger partial charge in [-0.05, 0) is 30.5 Å². The van der Waals surface area contributed by atoms with Gasteiger partial charge in [0.25, 0.3) is 0 Å². The van der Waals surface area contributed by atoms with Gasteiger partial charge >= 0.3 is 5.97 Å². The number of nitrogens with one attached hydrogen (secondary N) is 1. The Morgan fingerprint density at radius 1 is 1.26 bits per heavy atom. The van der Waals surface area contributed by atoms with Gasteiger partial charge in [-0.2, -0.15) is 0 Å². The van der Waals surface area contributed by atoms with Crippen LogP contribution in [0.3, 0.4) is 0 Å². The Morgan fingerprint density at radius 3 is 2.68 bits per heavy atom. The molecular weight excluding hydrogens is 238 g/mol. The van der Waals surface area contributed by atoms with E-state index in [1.165, 1.54) is 26.4 Å². The fourth-order valence-corrected chi connectivity index (χ4v) is 2.01. The van der Waals surface area contributed by atoms with Crippen LogP contribution in [0.5, 0.6) is 0 Å². The molecule has 1 N–H and O–H groups in total. The molecule has 0 aromatic heterocycles. The Balaban J connectivity index is 2.35. The first-order valence-corrected chi connectivity index (χ1v) is 7.02. The van der Waals surface area contributed by atoms with Gasteiger partial charge in [0.2, 0.25) is 0 Å². The number of benzene rings is 1. The molecule has 0 radical (unpaired) electrons. The molecule has 0 atom stereocenters. The van der Waals surface area contributed by atoms with Crippen molar-refractivity contribution in [3.8, 4) is 0 Å². The van der Waals surface area contributed by atoms with E-state index in [0.717, 1.165) is 18.0 Å². The zero-order valence-corrected chi connectivity index (χ0v) is 12.2. The van der Waals surface area contributed by atoms with Crippen molar-refractivity contribution in [1.29, 1.82) is 0 Å². The summed E-state index contributed by atoms with van der Waals surface area (Å²) in [5.74, 6) is 0.511. The monoisotopic (exact) mass is 263 g/mol. The summed E-state index contributed by atoms with van der Waals surface area (Å²) in [5.41, 5.74) is 1.65. The molecule has 0 bridgehead atoms. The van der Waals surface area contributed by atoms with E-state index in [9.17, 15) is 4.79 Å². The molecule has 0 amide bonds. The van der Waals surface area contributed by atoms with Crippen LogP contribution in [-0.2, 0) is 11.3 Å². The molecule has 0 saturated carbocycles. The quantitative estimate of drug-likeness (QED) is 0.577. The van der Waals surface area contributed by atoms with Gasteiger partial charge in [0.1, 0.15) is 0 Å². The van der Waals surface area contributed by atoms with Gasteiger partial charge < -0.3 is 10.1 Å². The highest BCUT2D eigenvalue weighted by Gasteiger charge is 2.09. The van der Waals surface area contributed by atoms with Crippen LogP contribution in [-0.4, -0.2) is 19.6 Å². The van der Waals surface area contributed by atoms with E-state index in [1.807, 2.05) is 24.3 Å². The van der Waals surface area contributed by atoms with E-state index < -0.39 is 0 Å². The van der Waals surface area contributed by atoms with Gasteiger partial charge in [0.05, 0.1) is 12.7 Å². The third-order valence-corrected chi connectivity index (χ3v) is 3.12. The predicted molar refractivity (Wildman–Crippen MR) is 78.2 cm³/mol. The second kappa shape index (κ2) is 8.70. The Morgan fingerprint density at radius 2 is 2.00 bits per heavy atom. The highest BCUT2D eigenvalue weighted by Crippen LogP contribution is 2.10. The van der Waals surface area contributed by atoms with Gasteiger partial charge in [-0.1, -0.05) is 44.9 Å². The largest absolute Gasteiger partial charge is 0.465 e. The molecule has 3 heteroatoms. The minimum absolute atomic E-state index is 0.266. The zero-order chi connectivity index (χ0) is 14.1. The minimum Gasteiger partial charge on any atom is -0.465 e. The predicted octanol–water partition coefficient (Wildman–Crippen LogP) is 3.39. The van der Waals surface area contributed by atoms with Crippen LogP contribution in [0.4, 0.5) is 0 Å². The van der Waals surface area contributed by atoms with Crippen LogP contribution in [0.2, 0.25) is 0 Å². The van der Waals surface area contributed by atoms with Crippen molar-refractivity contribution in [2.45, 2.75) is 39.7 Å². The lowest BCUT2D eigenvalue weighted by molar-refractivity contribution is 0.0599. The van der Waals surface area contributed by atoms with Crippen LogP contribution in [0.25, 0.3) is 0 Å². The number of ether oxygens (including phenoxy) is 1. The Labute approximate surface area is 116 Å². The minimum atomic E-state index is -0.266. The lowest BCUT2D eigenvalue weighted by Crippen LogP contribution is -2.17. The van der Waals surface area contributed by atoms with Crippen LogP contribution < -0.4 is 5.32 Å². The van der Waals surface area contributed by atoms with Crippen molar-refractivity contribution in [3.05, 3.63) is 35.4 Å². The SMILES string of the molecule is COC(=O)c1ccccc1CNCCCCC(C)C. The molecule has 106 valence electrons. The first-order valence-electron chi connectivity index (χ1n) is 7.02. The summed E-state index contributed by atoms with van der Waals surface area (Å²) >= 11 is 0. The maximum atomic E-state index is 11.6. The van der Waals surface area contributed by atoms with Gasteiger partial charge in [-0.3, -0.25) is 0 Å². The maximum absolute atomic E-state index is 11.6. The summed E-state index contributed by atoms with van der Waals surface area (Å²) in [6, 6.07) is 7.58. The van der Waals surface area contributed by atoms with E-state index in [1.54, 1.807) is 0 Å². The number of carbonyl (C=O) groups is 1. The number of hydrogen-bond donors (Lipinski definition) is 1. The second-order valence-electron chi connectivity index (χ2n) is 5.22. The number of rotatable bonds is 8. The molecule has 0 fully saturated rings. The van der Waals surface area contributed by atoms with E-state index in [2.05, 4.69) is 19.2 Å². The molecule has 0 heterocycles. The molecule has 1 rings (SSSR count). The average Bonchev–Trinajstić information content (AvgIpc) is 2.42. The Kier molecular flexibility index (Phi) is 7.19. The standard InChI is InChI=1S/C16H25NO2/c1-13(2)8-6-7-11-17-12-14-9-4-5-10-15(14)16(18)19-3/h4-5,9-10,13,17H,6-8,11-12H2,1-3H3. The number of carbonyl (C=O) groups excluding carboxylic acids is 1. The third-order valence-electron chi connectivity index (χ3n) is 3.12. The van der Waals surface area contributed by atoms with Gasteiger partial charge in [0.15, 0.2) is 0 Å². The van der Waals surface area contributed by atoms with Crippen molar-refractivity contribution >= 4 is 5.97 Å². The van der Waals surface area contributed by atoms with E-state index >= 15 is 0 Å². The second-order valence-corrected chi connectivity index (χ2v) is 5.22. The third kappa shape index (κ3) is 5.88. The van der Waals surface area contributed by atoms with Gasteiger partial charge in [0, 0.05) is 6.54 Å². The van der Waals surface area contributed by atoms with Crippen molar-refractivity contribution in [1.82, 2.24) is 5.32 Å². The molecule has 19 heavy (non-hydrogen) atoms. The number of esters is 1. The maximum Gasteiger partial charge on any atom is 0.338 e. The summed E-state index contributed by atoms with van der Waals surface area (Å²) < 4.78 is 4.78. The molecule has 0 spiro atoms. The first-order chi connectivity index (χ1) is 9.15. The van der Waals surface area contributed by atoms with E-state index in [0.29, 0.717) is 12.1 Å². The molecular formula is C16H25NO2. The molecule has 0 aliphatic heterocycles. The summed E-state index contributed by atoms with van der Waals surface area (Å²) in [4.78, 5) is 11.6. The summed E-state index contributed by atoms with van der Waals surface area (Å²) in [5, 5.41) is 3.39. The fourth-order valence-electron chi connectivity index (χ4n) is 2.01. The van der Waals surface area contributed by atoms with Crippen LogP contribution >= 0.6 is 0 Å². The first kappa shape index (κ1) is 15.7. The molecule has 0 unspecified atom stereocenters. The molecule has 0 aliphatic carbocycles. The van der Waals surface area contributed by atoms with Crippen molar-refractivity contribution in [2.75, 3.05) is 13.7 Å². The van der Waals surface area contributed by atoms with Crippen molar-refractivity contribution < 1.29 is 9.53 Å². The molecule has 3 nitrogen and oxygen atoms in total. The van der Waals surface area contributed by atoms with Gasteiger partial charge in [-0.25, -0.2) is 4.79 Å². The average molecular weight is 263 g/mol. The number of hydrogen-bond acceptors (Lipinski definition) is 3. The number of methoxy groups -OCH3 is 1. The summed E-state index contributed by atoms with van der Waals surface area (Å²) in [7, 11) is 1.42. The lowest BCUT2D eigenvalue weighted by atomic mass is 10.1. The normalized spacial score (nSPS) is 10.7. The number of unbranched alkanes of at least 4 members (excludes halogenated alkanes) is 1. The van der Waals surface area contributed by atoms with Crippen LogP contribution in [0.1, 0.15) is 49.0 Å². The summed E-state index contributed by atoms with van der Waals surface area (Å²) in [6.45, 7) is 6.20. The smallest absolute Gasteiger partial charge is 0.338 e. The fraction of sp³-hybridized carbons (Fsp3) is 0.562. The molecule has 0 aliphatic rings. The highest BCUT2D eigenvalue weighted by molar-refractivity contribution is 5.90. The Bertz CT molecular complexity index is 388. The van der Waals surface area contributed by atoms with Crippen molar-refractivity contribution in [2.24, 2.45) is 5.92 Å². The van der Waals surface area contributed by atoms with Crippen LogP contribution in [0, 0.1) is 5.92 Å². The van der Waals surface area contributed by atoms with Crippen molar-refractivity contribution in [3.63, 3.8) is 0 Å². The van der Waals surface area contributed by atoms with E-state index in [4.69, 9.17) is 4.74 Å². The molecule has 0 saturated heterocycles. The lowest BCUT2D eigenvalue weighted by Gasteiger charge is -2.09. The van der Waals surface area contributed by atoms with Crippen LogP contribution in [0.15, 0.2) is 24.3 Å². The molecule has 1 aromatic rings. The highest BCUT2D eigenvalue weighted by atomic mass is 16.5. The van der Waals surface area contributed by atoms with Gasteiger partial charge in [-0.15, -0.1) is 0 Å². The topological polar surface area (TPSA) is 38.3 Å². The zero-order valence-electron chi connectivity index (χ0n) is 12.2.